The Labute approximate surface area is 122 Å². The van der Waals surface area contributed by atoms with Gasteiger partial charge < -0.3 is 5.32 Å². The molecule has 1 heteroatoms. The van der Waals surface area contributed by atoms with Gasteiger partial charge in [0.15, 0.2) is 0 Å². The monoisotopic (exact) mass is 269 g/mol. The summed E-state index contributed by atoms with van der Waals surface area (Å²) in [4.78, 5) is 0. The molecule has 0 aromatic heterocycles. The van der Waals surface area contributed by atoms with Crippen LogP contribution >= 0.6 is 0 Å². The summed E-state index contributed by atoms with van der Waals surface area (Å²) in [6.45, 7) is 7.94. The molecule has 0 fully saturated rings. The van der Waals surface area contributed by atoms with Crippen LogP contribution < -0.4 is 5.32 Å². The van der Waals surface area contributed by atoms with Crippen LogP contribution in [-0.2, 0) is 0 Å². The van der Waals surface area contributed by atoms with E-state index < -0.39 is 0 Å². The van der Waals surface area contributed by atoms with Crippen molar-refractivity contribution in [2.24, 2.45) is 0 Å². The maximum absolute atomic E-state index is 3.61. The van der Waals surface area contributed by atoms with Crippen molar-refractivity contribution < 1.29 is 0 Å². The molecule has 0 spiro atoms. The fourth-order valence-corrected chi connectivity index (χ4v) is 2.86. The number of hydrogen-bond acceptors (Lipinski definition) is 1. The van der Waals surface area contributed by atoms with Gasteiger partial charge in [-0.15, -0.1) is 0 Å². The third kappa shape index (κ3) is 14.2. The van der Waals surface area contributed by atoms with E-state index in [1.807, 2.05) is 0 Å². The van der Waals surface area contributed by atoms with Crippen LogP contribution in [0, 0.1) is 0 Å². The normalized spacial score (nSPS) is 12.8. The summed E-state index contributed by atoms with van der Waals surface area (Å²) in [6, 6.07) is 0.782. The number of nitrogens with one attached hydrogen (secondary N) is 1. The first kappa shape index (κ1) is 19.0. The Morgan fingerprint density at radius 3 is 1.58 bits per heavy atom. The van der Waals surface area contributed by atoms with Crippen molar-refractivity contribution in [2.45, 2.75) is 110 Å². The van der Waals surface area contributed by atoms with Crippen molar-refractivity contribution in [3.05, 3.63) is 0 Å². The zero-order chi connectivity index (χ0) is 14.2. The van der Waals surface area contributed by atoms with Crippen LogP contribution in [0.5, 0.6) is 0 Å². The van der Waals surface area contributed by atoms with Crippen molar-refractivity contribution in [1.29, 1.82) is 0 Å². The van der Waals surface area contributed by atoms with Crippen molar-refractivity contribution in [3.63, 3.8) is 0 Å². The zero-order valence-corrected chi connectivity index (χ0v) is 14.0. The molecule has 1 nitrogen and oxygen atoms in total. The summed E-state index contributed by atoms with van der Waals surface area (Å²) in [5.41, 5.74) is 0. The molecular weight excluding hydrogens is 230 g/mol. The van der Waals surface area contributed by atoms with Crippen LogP contribution in [0.3, 0.4) is 0 Å². The summed E-state index contributed by atoms with van der Waals surface area (Å²) in [7, 11) is 0. The van der Waals surface area contributed by atoms with Crippen LogP contribution in [0.25, 0.3) is 0 Å². The van der Waals surface area contributed by atoms with Gasteiger partial charge in [-0.2, -0.15) is 0 Å². The Bertz CT molecular complexity index is 150. The molecule has 0 amide bonds. The molecule has 0 aliphatic heterocycles. The van der Waals surface area contributed by atoms with E-state index in [9.17, 15) is 0 Å². The van der Waals surface area contributed by atoms with Crippen molar-refractivity contribution in [3.8, 4) is 0 Å². The average molecular weight is 270 g/mol. The average Bonchev–Trinajstić information content (AvgIpc) is 2.41. The molecule has 0 aromatic carbocycles. The minimum absolute atomic E-state index is 0.782. The lowest BCUT2D eigenvalue weighted by Gasteiger charge is -2.16. The van der Waals surface area contributed by atoms with Gasteiger partial charge in [0.25, 0.3) is 0 Å². The van der Waals surface area contributed by atoms with Gasteiger partial charge in [0, 0.05) is 6.04 Å². The predicted octanol–water partition coefficient (Wildman–Crippen LogP) is 6.08. The molecule has 19 heavy (non-hydrogen) atoms. The van der Waals surface area contributed by atoms with Crippen LogP contribution in [0.15, 0.2) is 0 Å². The fourth-order valence-electron chi connectivity index (χ4n) is 2.86. The molecule has 0 rings (SSSR count). The molecule has 1 N–H and O–H groups in total. The molecule has 1 atom stereocenters. The highest BCUT2D eigenvalue weighted by Gasteiger charge is 2.04. The molecule has 0 aliphatic rings. The van der Waals surface area contributed by atoms with E-state index in [1.165, 1.54) is 83.5 Å². The molecule has 0 heterocycles. The second kappa shape index (κ2) is 16.0. The van der Waals surface area contributed by atoms with E-state index in [4.69, 9.17) is 0 Å². The molecule has 0 radical (unpaired) electrons. The van der Waals surface area contributed by atoms with Crippen molar-refractivity contribution in [1.82, 2.24) is 5.32 Å². The van der Waals surface area contributed by atoms with Crippen LogP contribution in [0.4, 0.5) is 0 Å². The van der Waals surface area contributed by atoms with Gasteiger partial charge in [-0.1, -0.05) is 91.4 Å². The van der Waals surface area contributed by atoms with Gasteiger partial charge in [-0.05, 0) is 19.4 Å². The molecule has 0 saturated carbocycles. The molecule has 116 valence electrons. The zero-order valence-electron chi connectivity index (χ0n) is 14.0. The van der Waals surface area contributed by atoms with Crippen LogP contribution in [0.2, 0.25) is 0 Å². The highest BCUT2D eigenvalue weighted by Crippen LogP contribution is 2.13. The van der Waals surface area contributed by atoms with Gasteiger partial charge in [0.05, 0.1) is 0 Å². The SMILES string of the molecule is CCCCCCCCCCCCC(CCC)NCC. The molecule has 0 bridgehead atoms. The van der Waals surface area contributed by atoms with Gasteiger partial charge >= 0.3 is 0 Å². The van der Waals surface area contributed by atoms with E-state index in [1.54, 1.807) is 0 Å². The fraction of sp³-hybridized carbons (Fsp3) is 1.00. The Morgan fingerprint density at radius 1 is 0.579 bits per heavy atom. The third-order valence-electron chi connectivity index (χ3n) is 4.04. The largest absolute Gasteiger partial charge is 0.314 e. The topological polar surface area (TPSA) is 12.0 Å². The highest BCUT2D eigenvalue weighted by atomic mass is 14.9. The highest BCUT2D eigenvalue weighted by molar-refractivity contribution is 4.65. The van der Waals surface area contributed by atoms with Gasteiger partial charge in [0.1, 0.15) is 0 Å². The number of hydrogen-bond donors (Lipinski definition) is 1. The lowest BCUT2D eigenvalue weighted by atomic mass is 10.0. The maximum atomic E-state index is 3.61. The molecule has 0 saturated heterocycles. The first-order chi connectivity index (χ1) is 9.35. The number of unbranched alkanes of at least 4 members (excludes halogenated alkanes) is 9. The quantitative estimate of drug-likeness (QED) is 0.355. The van der Waals surface area contributed by atoms with E-state index >= 15 is 0 Å². The summed E-state index contributed by atoms with van der Waals surface area (Å²) < 4.78 is 0. The van der Waals surface area contributed by atoms with Gasteiger partial charge in [-0.25, -0.2) is 0 Å². The summed E-state index contributed by atoms with van der Waals surface area (Å²) in [5, 5.41) is 3.61. The van der Waals surface area contributed by atoms with E-state index in [0.717, 1.165) is 12.6 Å². The van der Waals surface area contributed by atoms with Crippen LogP contribution in [-0.4, -0.2) is 12.6 Å². The number of rotatable bonds is 15. The molecule has 0 aromatic rings. The second-order valence-electron chi connectivity index (χ2n) is 6.01. The lowest BCUT2D eigenvalue weighted by molar-refractivity contribution is 0.434. The summed E-state index contributed by atoms with van der Waals surface area (Å²) in [5.74, 6) is 0. The molecule has 0 aliphatic carbocycles. The summed E-state index contributed by atoms with van der Waals surface area (Å²) in [6.07, 6.45) is 18.5. The third-order valence-corrected chi connectivity index (χ3v) is 4.04. The summed E-state index contributed by atoms with van der Waals surface area (Å²) >= 11 is 0. The van der Waals surface area contributed by atoms with E-state index in [2.05, 4.69) is 26.1 Å². The molecule has 1 unspecified atom stereocenters. The minimum Gasteiger partial charge on any atom is -0.314 e. The maximum Gasteiger partial charge on any atom is 0.00668 e. The Kier molecular flexibility index (Phi) is 16.0. The first-order valence-corrected chi connectivity index (χ1v) is 9.08. The lowest BCUT2D eigenvalue weighted by Crippen LogP contribution is -2.28. The standard InChI is InChI=1S/C18H39N/c1-4-7-8-9-10-11-12-13-14-15-17-18(16-5-2)19-6-3/h18-19H,4-17H2,1-3H3. The van der Waals surface area contributed by atoms with Crippen LogP contribution in [0.1, 0.15) is 104 Å². The Morgan fingerprint density at radius 2 is 1.11 bits per heavy atom. The Hall–Kier alpha value is -0.0400. The Balaban J connectivity index is 3.20. The van der Waals surface area contributed by atoms with Gasteiger partial charge in [0.2, 0.25) is 0 Å². The smallest absolute Gasteiger partial charge is 0.00668 e. The van der Waals surface area contributed by atoms with E-state index in [0.29, 0.717) is 0 Å². The van der Waals surface area contributed by atoms with E-state index in [-0.39, 0.29) is 0 Å². The van der Waals surface area contributed by atoms with Gasteiger partial charge in [-0.3, -0.25) is 0 Å². The van der Waals surface area contributed by atoms with Crippen molar-refractivity contribution >= 4 is 0 Å². The second-order valence-corrected chi connectivity index (χ2v) is 6.01. The molecular formula is C18H39N. The predicted molar refractivity (Wildman–Crippen MR) is 88.8 cm³/mol. The minimum atomic E-state index is 0.782. The first-order valence-electron chi connectivity index (χ1n) is 9.08. The van der Waals surface area contributed by atoms with Crippen molar-refractivity contribution in [2.75, 3.05) is 6.54 Å².